The zero-order valence-corrected chi connectivity index (χ0v) is 23.1. The SMILES string of the molecule is C[C@H]1[C@H](C)CC[C@]2(C(=O)O)CC[C@]3(C)C(=CC[C@@H]4[C@@]5(C)CC[C@H](O)C(C)(C)[C@]5(C)CC[C@]43C)[C@@H]12. The van der Waals surface area contributed by atoms with Gasteiger partial charge < -0.3 is 10.2 Å². The van der Waals surface area contributed by atoms with Crippen molar-refractivity contribution in [1.29, 1.82) is 0 Å². The maximum Gasteiger partial charge on any atom is 0.310 e. The van der Waals surface area contributed by atoms with E-state index in [1.54, 1.807) is 0 Å². The van der Waals surface area contributed by atoms with Crippen molar-refractivity contribution >= 4 is 5.97 Å². The van der Waals surface area contributed by atoms with Crippen LogP contribution in [0, 0.1) is 56.2 Å². The molecule has 192 valence electrons. The molecule has 5 aliphatic carbocycles. The predicted octanol–water partition coefficient (Wildman–Crippen LogP) is 7.48. The Morgan fingerprint density at radius 3 is 2.21 bits per heavy atom. The lowest BCUT2D eigenvalue weighted by molar-refractivity contribution is -0.250. The smallest absolute Gasteiger partial charge is 0.310 e. The van der Waals surface area contributed by atoms with Crippen LogP contribution >= 0.6 is 0 Å². The van der Waals surface area contributed by atoms with Gasteiger partial charge in [-0.05, 0) is 109 Å². The summed E-state index contributed by atoms with van der Waals surface area (Å²) in [5, 5.41) is 21.6. The van der Waals surface area contributed by atoms with Gasteiger partial charge in [0.25, 0.3) is 0 Å². The highest BCUT2D eigenvalue weighted by atomic mass is 16.4. The highest BCUT2D eigenvalue weighted by molar-refractivity contribution is 5.76. The van der Waals surface area contributed by atoms with E-state index >= 15 is 0 Å². The van der Waals surface area contributed by atoms with Crippen LogP contribution in [0.1, 0.15) is 113 Å². The summed E-state index contributed by atoms with van der Waals surface area (Å²) in [6, 6.07) is 0. The normalized spacial score (nSPS) is 56.3. The third-order valence-corrected chi connectivity index (χ3v) is 14.5. The molecule has 5 rings (SSSR count). The Bertz CT molecular complexity index is 920. The molecule has 0 spiro atoms. The zero-order chi connectivity index (χ0) is 25.1. The topological polar surface area (TPSA) is 57.5 Å². The molecule has 0 aliphatic heterocycles. The fraction of sp³-hybridized carbons (Fsp3) is 0.903. The van der Waals surface area contributed by atoms with Crippen molar-refractivity contribution in [3.63, 3.8) is 0 Å². The number of aliphatic carboxylic acids is 1. The van der Waals surface area contributed by atoms with Crippen LogP contribution in [0.5, 0.6) is 0 Å². The van der Waals surface area contributed by atoms with Crippen LogP contribution in [0.2, 0.25) is 0 Å². The van der Waals surface area contributed by atoms with Crippen LogP contribution in [0.4, 0.5) is 0 Å². The number of allylic oxidation sites excluding steroid dienone is 2. The fourth-order valence-electron chi connectivity index (χ4n) is 11.0. The Morgan fingerprint density at radius 2 is 1.56 bits per heavy atom. The van der Waals surface area contributed by atoms with E-state index in [0.717, 1.165) is 51.4 Å². The molecule has 4 saturated carbocycles. The predicted molar refractivity (Wildman–Crippen MR) is 137 cm³/mol. The van der Waals surface area contributed by atoms with Gasteiger partial charge >= 0.3 is 5.97 Å². The Kier molecular flexibility index (Phi) is 5.22. The first kappa shape index (κ1) is 24.8. The molecule has 0 saturated heterocycles. The molecule has 2 N–H and O–H groups in total. The third kappa shape index (κ3) is 2.57. The van der Waals surface area contributed by atoms with Gasteiger partial charge in [-0.1, -0.05) is 67.0 Å². The summed E-state index contributed by atoms with van der Waals surface area (Å²) in [4.78, 5) is 12.8. The minimum atomic E-state index is -0.565. The minimum Gasteiger partial charge on any atom is -0.481 e. The van der Waals surface area contributed by atoms with Crippen molar-refractivity contribution in [3.8, 4) is 0 Å². The van der Waals surface area contributed by atoms with Gasteiger partial charge in [0.1, 0.15) is 0 Å². The molecule has 0 aromatic carbocycles. The van der Waals surface area contributed by atoms with Gasteiger partial charge in [0.2, 0.25) is 0 Å². The summed E-state index contributed by atoms with van der Waals surface area (Å²) in [6.45, 7) is 19.5. The number of carboxylic acid groups (broad SMARTS) is 1. The number of aliphatic hydroxyl groups is 1. The average Bonchev–Trinajstić information content (AvgIpc) is 2.77. The number of hydrogen-bond donors (Lipinski definition) is 2. The first-order chi connectivity index (χ1) is 15.6. The Balaban J connectivity index is 1.64. The third-order valence-electron chi connectivity index (χ3n) is 14.5. The molecule has 0 aromatic heterocycles. The molecule has 34 heavy (non-hydrogen) atoms. The first-order valence-electron chi connectivity index (χ1n) is 14.2. The van der Waals surface area contributed by atoms with E-state index in [-0.39, 0.29) is 39.1 Å². The maximum absolute atomic E-state index is 12.8. The van der Waals surface area contributed by atoms with Gasteiger partial charge in [0.15, 0.2) is 0 Å². The Morgan fingerprint density at radius 1 is 0.882 bits per heavy atom. The maximum atomic E-state index is 12.8. The molecule has 0 aromatic rings. The number of fused-ring (bicyclic) bond motifs is 7. The van der Waals surface area contributed by atoms with Crippen molar-refractivity contribution in [2.75, 3.05) is 0 Å². The minimum absolute atomic E-state index is 0.0649. The summed E-state index contributed by atoms with van der Waals surface area (Å²) in [5.74, 6) is 1.21. The Hall–Kier alpha value is -0.830. The summed E-state index contributed by atoms with van der Waals surface area (Å²) in [6.07, 6.45) is 11.5. The van der Waals surface area contributed by atoms with E-state index in [0.29, 0.717) is 17.8 Å². The lowest BCUT2D eigenvalue weighted by Gasteiger charge is -2.74. The number of hydrogen-bond acceptors (Lipinski definition) is 2. The number of aliphatic hydroxyl groups excluding tert-OH is 1. The van der Waals surface area contributed by atoms with Crippen LogP contribution in [-0.4, -0.2) is 22.3 Å². The van der Waals surface area contributed by atoms with Gasteiger partial charge in [-0.3, -0.25) is 4.79 Å². The molecule has 4 fully saturated rings. The zero-order valence-electron chi connectivity index (χ0n) is 23.1. The Labute approximate surface area is 208 Å². The van der Waals surface area contributed by atoms with E-state index in [2.05, 4.69) is 61.5 Å². The van der Waals surface area contributed by atoms with Gasteiger partial charge in [0, 0.05) is 0 Å². The molecule has 0 unspecified atom stereocenters. The van der Waals surface area contributed by atoms with Crippen LogP contribution < -0.4 is 0 Å². The van der Waals surface area contributed by atoms with Crippen LogP contribution in [-0.2, 0) is 4.79 Å². The fourth-order valence-corrected chi connectivity index (χ4v) is 11.0. The highest BCUT2D eigenvalue weighted by Crippen LogP contribution is 2.78. The number of carboxylic acids is 1. The molecule has 5 aliphatic rings. The van der Waals surface area contributed by atoms with Crippen molar-refractivity contribution in [2.24, 2.45) is 56.2 Å². The van der Waals surface area contributed by atoms with Crippen molar-refractivity contribution in [1.82, 2.24) is 0 Å². The molecule has 0 bridgehead atoms. The lowest BCUT2D eigenvalue weighted by Crippen LogP contribution is -2.68. The summed E-state index contributed by atoms with van der Waals surface area (Å²) in [7, 11) is 0. The van der Waals surface area contributed by atoms with Gasteiger partial charge in [-0.25, -0.2) is 0 Å². The summed E-state index contributed by atoms with van der Waals surface area (Å²) in [5.41, 5.74) is 1.39. The second-order valence-corrected chi connectivity index (χ2v) is 15.0. The molecular weight excluding hydrogens is 420 g/mol. The second kappa shape index (κ2) is 7.14. The quantitative estimate of drug-likeness (QED) is 0.391. The second-order valence-electron chi connectivity index (χ2n) is 15.0. The molecule has 0 radical (unpaired) electrons. The molecule has 0 amide bonds. The van der Waals surface area contributed by atoms with Crippen LogP contribution in [0.25, 0.3) is 0 Å². The first-order valence-corrected chi connectivity index (χ1v) is 14.2. The highest BCUT2D eigenvalue weighted by Gasteiger charge is 2.72. The van der Waals surface area contributed by atoms with Gasteiger partial charge in [-0.2, -0.15) is 0 Å². The van der Waals surface area contributed by atoms with E-state index < -0.39 is 11.4 Å². The standard InChI is InChI=1S/C31H50O3/c1-19-11-14-31(25(33)34)18-16-27(5)21(24(31)20(19)2)9-10-22-28(27,6)15-17-30(8)26(3,4)23(32)12-13-29(22,30)7/h9,19-20,22-24,32H,10-18H2,1-8H3,(H,33,34)/t19-,20+,22+,23+,24-,27-,28-,29-,30+,31+/m1/s1. The van der Waals surface area contributed by atoms with Crippen LogP contribution in [0.3, 0.4) is 0 Å². The van der Waals surface area contributed by atoms with E-state index in [4.69, 9.17) is 0 Å². The van der Waals surface area contributed by atoms with Crippen molar-refractivity contribution < 1.29 is 15.0 Å². The molecule has 3 nitrogen and oxygen atoms in total. The molecular formula is C31H50O3. The largest absolute Gasteiger partial charge is 0.481 e. The monoisotopic (exact) mass is 470 g/mol. The number of rotatable bonds is 1. The van der Waals surface area contributed by atoms with Crippen molar-refractivity contribution in [3.05, 3.63) is 11.6 Å². The average molecular weight is 471 g/mol. The van der Waals surface area contributed by atoms with Gasteiger partial charge in [0.05, 0.1) is 11.5 Å². The summed E-state index contributed by atoms with van der Waals surface area (Å²) >= 11 is 0. The number of carbonyl (C=O) groups is 1. The summed E-state index contributed by atoms with van der Waals surface area (Å²) < 4.78 is 0. The van der Waals surface area contributed by atoms with E-state index in [9.17, 15) is 15.0 Å². The van der Waals surface area contributed by atoms with E-state index in [1.807, 2.05) is 0 Å². The van der Waals surface area contributed by atoms with Gasteiger partial charge in [-0.15, -0.1) is 0 Å². The van der Waals surface area contributed by atoms with Crippen molar-refractivity contribution in [2.45, 2.75) is 119 Å². The molecule has 0 heterocycles. The lowest BCUT2D eigenvalue weighted by atomic mass is 9.30. The van der Waals surface area contributed by atoms with Crippen LogP contribution in [0.15, 0.2) is 11.6 Å². The molecule has 3 heteroatoms. The van der Waals surface area contributed by atoms with E-state index in [1.165, 1.54) is 12.0 Å². The molecule has 10 atom stereocenters.